The molecule has 0 aliphatic carbocycles. The van der Waals surface area contributed by atoms with Crippen LogP contribution in [0.5, 0.6) is 0 Å². The standard InChI is InChI=1S/C19H26N4O2/c1-19(2,3)18(25)21-12-10-17(24)20-11-9-15-13-22-23(14-15)16-7-5-4-6-8-16/h4-8,13-14H,9-12H2,1-3H3,(H,20,24)(H,21,25). The van der Waals surface area contributed by atoms with Gasteiger partial charge in [-0.15, -0.1) is 0 Å². The number of carbonyl (C=O) groups is 2. The first-order valence-electron chi connectivity index (χ1n) is 8.50. The van der Waals surface area contributed by atoms with E-state index in [-0.39, 0.29) is 18.2 Å². The number of rotatable bonds is 7. The summed E-state index contributed by atoms with van der Waals surface area (Å²) >= 11 is 0. The van der Waals surface area contributed by atoms with Crippen LogP contribution in [-0.2, 0) is 16.0 Å². The van der Waals surface area contributed by atoms with Gasteiger partial charge in [0, 0.05) is 31.1 Å². The molecule has 134 valence electrons. The monoisotopic (exact) mass is 342 g/mol. The number of aromatic nitrogens is 2. The van der Waals surface area contributed by atoms with Crippen molar-refractivity contribution in [3.63, 3.8) is 0 Å². The van der Waals surface area contributed by atoms with E-state index in [4.69, 9.17) is 0 Å². The molecule has 0 atom stereocenters. The van der Waals surface area contributed by atoms with Gasteiger partial charge in [0.25, 0.3) is 0 Å². The Bertz CT molecular complexity index is 702. The molecule has 0 saturated heterocycles. The van der Waals surface area contributed by atoms with Gasteiger partial charge in [0.15, 0.2) is 0 Å². The second kappa shape index (κ2) is 8.46. The third-order valence-corrected chi connectivity index (χ3v) is 3.71. The van der Waals surface area contributed by atoms with E-state index in [1.54, 1.807) is 0 Å². The van der Waals surface area contributed by atoms with E-state index in [0.29, 0.717) is 19.5 Å². The Morgan fingerprint density at radius 2 is 1.80 bits per heavy atom. The zero-order chi connectivity index (χ0) is 18.3. The predicted octanol–water partition coefficient (Wildman–Crippen LogP) is 2.08. The van der Waals surface area contributed by atoms with E-state index in [1.807, 2.05) is 68.2 Å². The Labute approximate surface area is 148 Å². The average Bonchev–Trinajstić information content (AvgIpc) is 3.03. The van der Waals surface area contributed by atoms with Crippen molar-refractivity contribution >= 4 is 11.8 Å². The molecule has 1 aromatic carbocycles. The highest BCUT2D eigenvalue weighted by molar-refractivity contribution is 5.82. The van der Waals surface area contributed by atoms with Gasteiger partial charge in [0.05, 0.1) is 11.9 Å². The van der Waals surface area contributed by atoms with Crippen LogP contribution in [0.25, 0.3) is 5.69 Å². The van der Waals surface area contributed by atoms with Crippen LogP contribution in [0.4, 0.5) is 0 Å². The molecule has 0 aliphatic heterocycles. The SMILES string of the molecule is CC(C)(C)C(=O)NCCC(=O)NCCc1cnn(-c2ccccc2)c1. The molecule has 0 aliphatic rings. The van der Waals surface area contributed by atoms with Gasteiger partial charge in [-0.3, -0.25) is 9.59 Å². The van der Waals surface area contributed by atoms with Crippen molar-refractivity contribution in [1.29, 1.82) is 0 Å². The highest BCUT2D eigenvalue weighted by atomic mass is 16.2. The van der Waals surface area contributed by atoms with Gasteiger partial charge in [-0.25, -0.2) is 4.68 Å². The Morgan fingerprint density at radius 1 is 1.08 bits per heavy atom. The largest absolute Gasteiger partial charge is 0.356 e. The van der Waals surface area contributed by atoms with Crippen LogP contribution in [0, 0.1) is 5.41 Å². The van der Waals surface area contributed by atoms with Crippen molar-refractivity contribution in [3.05, 3.63) is 48.3 Å². The van der Waals surface area contributed by atoms with Gasteiger partial charge in [0.2, 0.25) is 11.8 Å². The lowest BCUT2D eigenvalue weighted by molar-refractivity contribution is -0.128. The van der Waals surface area contributed by atoms with Crippen LogP contribution in [0.1, 0.15) is 32.8 Å². The molecule has 6 nitrogen and oxygen atoms in total. The Kier molecular flexibility index (Phi) is 6.33. The smallest absolute Gasteiger partial charge is 0.225 e. The molecule has 2 rings (SSSR count). The molecule has 2 aromatic rings. The number of nitrogens with one attached hydrogen (secondary N) is 2. The minimum absolute atomic E-state index is 0.0476. The first kappa shape index (κ1) is 18.7. The number of para-hydroxylation sites is 1. The molecule has 6 heteroatoms. The molecule has 25 heavy (non-hydrogen) atoms. The molecule has 1 heterocycles. The summed E-state index contributed by atoms with van der Waals surface area (Å²) in [6, 6.07) is 9.88. The van der Waals surface area contributed by atoms with Gasteiger partial charge in [-0.1, -0.05) is 39.0 Å². The van der Waals surface area contributed by atoms with E-state index in [9.17, 15) is 9.59 Å². The lowest BCUT2D eigenvalue weighted by Gasteiger charge is -2.17. The van der Waals surface area contributed by atoms with Crippen LogP contribution < -0.4 is 10.6 Å². The van der Waals surface area contributed by atoms with Crippen LogP contribution in [0.15, 0.2) is 42.7 Å². The van der Waals surface area contributed by atoms with Crippen molar-refractivity contribution < 1.29 is 9.59 Å². The fourth-order valence-corrected chi connectivity index (χ4v) is 2.20. The zero-order valence-electron chi connectivity index (χ0n) is 15.1. The Hall–Kier alpha value is -2.63. The lowest BCUT2D eigenvalue weighted by Crippen LogP contribution is -2.37. The van der Waals surface area contributed by atoms with Gasteiger partial charge < -0.3 is 10.6 Å². The van der Waals surface area contributed by atoms with Crippen molar-refractivity contribution in [2.75, 3.05) is 13.1 Å². The maximum Gasteiger partial charge on any atom is 0.225 e. The molecule has 0 fully saturated rings. The number of hydrogen-bond acceptors (Lipinski definition) is 3. The van der Waals surface area contributed by atoms with Gasteiger partial charge in [-0.2, -0.15) is 5.10 Å². The van der Waals surface area contributed by atoms with Crippen LogP contribution in [0.3, 0.4) is 0 Å². The third-order valence-electron chi connectivity index (χ3n) is 3.71. The summed E-state index contributed by atoms with van der Waals surface area (Å²) in [5.41, 5.74) is 1.63. The van der Waals surface area contributed by atoms with Gasteiger partial charge in [-0.05, 0) is 24.1 Å². The van der Waals surface area contributed by atoms with Crippen LogP contribution in [-0.4, -0.2) is 34.7 Å². The van der Waals surface area contributed by atoms with E-state index in [0.717, 1.165) is 11.3 Å². The summed E-state index contributed by atoms with van der Waals surface area (Å²) in [7, 11) is 0. The van der Waals surface area contributed by atoms with E-state index >= 15 is 0 Å². The van der Waals surface area contributed by atoms with Gasteiger partial charge >= 0.3 is 0 Å². The summed E-state index contributed by atoms with van der Waals surface area (Å²) in [6.45, 7) is 6.44. The van der Waals surface area contributed by atoms with Crippen molar-refractivity contribution in [3.8, 4) is 5.69 Å². The first-order valence-corrected chi connectivity index (χ1v) is 8.50. The molecule has 0 bridgehead atoms. The molecular formula is C19H26N4O2. The molecule has 2 N–H and O–H groups in total. The highest BCUT2D eigenvalue weighted by Crippen LogP contribution is 2.12. The summed E-state index contributed by atoms with van der Waals surface area (Å²) in [6.07, 6.45) is 4.77. The maximum absolute atomic E-state index is 11.8. The fraction of sp³-hybridized carbons (Fsp3) is 0.421. The van der Waals surface area contributed by atoms with Crippen molar-refractivity contribution in [1.82, 2.24) is 20.4 Å². The number of amides is 2. The normalized spacial score (nSPS) is 11.2. The molecular weight excluding hydrogens is 316 g/mol. The lowest BCUT2D eigenvalue weighted by atomic mass is 9.96. The summed E-state index contributed by atoms with van der Waals surface area (Å²) in [5, 5.41) is 9.97. The second-order valence-electron chi connectivity index (χ2n) is 6.98. The topological polar surface area (TPSA) is 76.0 Å². The van der Waals surface area contributed by atoms with Crippen LogP contribution >= 0.6 is 0 Å². The zero-order valence-corrected chi connectivity index (χ0v) is 15.1. The number of benzene rings is 1. The predicted molar refractivity (Wildman–Crippen MR) is 97.4 cm³/mol. The molecule has 1 aromatic heterocycles. The molecule has 0 saturated carbocycles. The molecule has 2 amide bonds. The van der Waals surface area contributed by atoms with E-state index in [1.165, 1.54) is 0 Å². The fourth-order valence-electron chi connectivity index (χ4n) is 2.20. The Balaban J connectivity index is 1.68. The average molecular weight is 342 g/mol. The third kappa shape index (κ3) is 6.06. The van der Waals surface area contributed by atoms with E-state index < -0.39 is 5.41 Å². The number of nitrogens with zero attached hydrogens (tertiary/aromatic N) is 2. The summed E-state index contributed by atoms with van der Waals surface area (Å²) in [5.74, 6) is -0.113. The Morgan fingerprint density at radius 3 is 2.48 bits per heavy atom. The summed E-state index contributed by atoms with van der Waals surface area (Å²) < 4.78 is 1.82. The molecule has 0 unspecified atom stereocenters. The number of hydrogen-bond donors (Lipinski definition) is 2. The minimum atomic E-state index is -0.435. The molecule has 0 radical (unpaired) electrons. The van der Waals surface area contributed by atoms with Crippen molar-refractivity contribution in [2.24, 2.45) is 5.41 Å². The van der Waals surface area contributed by atoms with Gasteiger partial charge in [0.1, 0.15) is 0 Å². The quantitative estimate of drug-likeness (QED) is 0.809. The second-order valence-corrected chi connectivity index (χ2v) is 6.98. The van der Waals surface area contributed by atoms with Crippen LogP contribution in [0.2, 0.25) is 0 Å². The number of carbonyl (C=O) groups excluding carboxylic acids is 2. The summed E-state index contributed by atoms with van der Waals surface area (Å²) in [4.78, 5) is 23.5. The first-order chi connectivity index (χ1) is 11.9. The van der Waals surface area contributed by atoms with Crippen molar-refractivity contribution in [2.45, 2.75) is 33.6 Å². The molecule has 0 spiro atoms. The highest BCUT2D eigenvalue weighted by Gasteiger charge is 2.20. The minimum Gasteiger partial charge on any atom is -0.356 e. The van der Waals surface area contributed by atoms with E-state index in [2.05, 4.69) is 15.7 Å². The maximum atomic E-state index is 11.8.